The van der Waals surface area contributed by atoms with Gasteiger partial charge in [-0.2, -0.15) is 0 Å². The molecule has 0 aromatic rings. The Hall–Kier alpha value is -0.340. The van der Waals surface area contributed by atoms with E-state index in [1.54, 1.807) is 13.0 Å². The van der Waals surface area contributed by atoms with Crippen molar-refractivity contribution in [2.75, 3.05) is 0 Å². The molecule has 1 aliphatic rings. The van der Waals surface area contributed by atoms with Crippen LogP contribution in [0.5, 0.6) is 0 Å². The molecule has 0 spiro atoms. The molecule has 2 N–H and O–H groups in total. The van der Waals surface area contributed by atoms with Gasteiger partial charge in [-0.05, 0) is 38.0 Å². The van der Waals surface area contributed by atoms with E-state index in [4.69, 9.17) is 0 Å². The maximum absolute atomic E-state index is 10.5. The van der Waals surface area contributed by atoms with Crippen LogP contribution in [-0.4, -0.2) is 21.9 Å². The summed E-state index contributed by atoms with van der Waals surface area (Å²) in [5.74, 6) is 0.703. The largest absolute Gasteiger partial charge is 0.390 e. The van der Waals surface area contributed by atoms with Crippen LogP contribution < -0.4 is 0 Å². The molecule has 4 atom stereocenters. The van der Waals surface area contributed by atoms with Crippen molar-refractivity contribution in [3.05, 3.63) is 12.2 Å². The minimum atomic E-state index is -0.651. The topological polar surface area (TPSA) is 40.5 Å². The van der Waals surface area contributed by atoms with E-state index in [0.29, 0.717) is 5.92 Å². The van der Waals surface area contributed by atoms with Crippen molar-refractivity contribution in [1.29, 1.82) is 0 Å². The summed E-state index contributed by atoms with van der Waals surface area (Å²) < 4.78 is 0. The van der Waals surface area contributed by atoms with Crippen molar-refractivity contribution in [3.8, 4) is 0 Å². The van der Waals surface area contributed by atoms with Gasteiger partial charge in [0.25, 0.3) is 0 Å². The molecule has 0 unspecified atom stereocenters. The molecule has 16 heavy (non-hydrogen) atoms. The molecule has 2 nitrogen and oxygen atoms in total. The van der Waals surface area contributed by atoms with Gasteiger partial charge in [0.15, 0.2) is 0 Å². The first-order valence-electron chi connectivity index (χ1n) is 6.26. The van der Waals surface area contributed by atoms with Crippen molar-refractivity contribution >= 4 is 0 Å². The Kier molecular flexibility index (Phi) is 3.86. The maximum atomic E-state index is 10.5. The Balaban J connectivity index is 2.96. The summed E-state index contributed by atoms with van der Waals surface area (Å²) in [5, 5.41) is 19.8. The van der Waals surface area contributed by atoms with Crippen LogP contribution >= 0.6 is 0 Å². The fraction of sp³-hybridized carbons (Fsp3) is 0.857. The van der Waals surface area contributed by atoms with Gasteiger partial charge in [0.1, 0.15) is 0 Å². The highest BCUT2D eigenvalue weighted by molar-refractivity contribution is 5.09. The van der Waals surface area contributed by atoms with E-state index >= 15 is 0 Å². The van der Waals surface area contributed by atoms with Crippen molar-refractivity contribution in [2.24, 2.45) is 17.3 Å². The molecule has 0 aliphatic heterocycles. The molecule has 94 valence electrons. The second-order valence-corrected chi connectivity index (χ2v) is 6.22. The van der Waals surface area contributed by atoms with E-state index in [1.165, 1.54) is 0 Å². The summed E-state index contributed by atoms with van der Waals surface area (Å²) in [7, 11) is 0. The average Bonchev–Trinajstić information content (AvgIpc) is 2.11. The van der Waals surface area contributed by atoms with Crippen molar-refractivity contribution in [1.82, 2.24) is 0 Å². The summed E-state index contributed by atoms with van der Waals surface area (Å²) in [5.41, 5.74) is -0.575. The van der Waals surface area contributed by atoms with Gasteiger partial charge in [-0.3, -0.25) is 0 Å². The second-order valence-electron chi connectivity index (χ2n) is 6.22. The van der Waals surface area contributed by atoms with Crippen LogP contribution in [0.2, 0.25) is 0 Å². The monoisotopic (exact) mass is 226 g/mol. The van der Waals surface area contributed by atoms with E-state index in [0.717, 1.165) is 12.8 Å². The third kappa shape index (κ3) is 2.67. The molecule has 0 aromatic carbocycles. The van der Waals surface area contributed by atoms with Crippen LogP contribution in [-0.2, 0) is 0 Å². The van der Waals surface area contributed by atoms with E-state index in [-0.39, 0.29) is 11.3 Å². The molecule has 1 fully saturated rings. The minimum absolute atomic E-state index is 0.0765. The van der Waals surface area contributed by atoms with Crippen molar-refractivity contribution in [2.45, 2.75) is 59.2 Å². The van der Waals surface area contributed by atoms with E-state index < -0.39 is 11.7 Å². The van der Waals surface area contributed by atoms with E-state index in [9.17, 15) is 10.2 Å². The Bertz CT molecular complexity index is 264. The van der Waals surface area contributed by atoms with Gasteiger partial charge >= 0.3 is 0 Å². The van der Waals surface area contributed by atoms with Gasteiger partial charge in [-0.1, -0.05) is 32.9 Å². The first-order valence-corrected chi connectivity index (χ1v) is 6.26. The normalized spacial score (nSPS) is 41.2. The molecule has 0 amide bonds. The highest BCUT2D eigenvalue weighted by atomic mass is 16.3. The smallest absolute Gasteiger partial charge is 0.0692 e. The number of rotatable bonds is 2. The lowest BCUT2D eigenvalue weighted by Gasteiger charge is -2.50. The summed E-state index contributed by atoms with van der Waals surface area (Å²) in [6.45, 7) is 10.3. The number of hydrogen-bond acceptors (Lipinski definition) is 2. The Morgan fingerprint density at radius 1 is 1.31 bits per heavy atom. The number of hydrogen-bond donors (Lipinski definition) is 2. The third-order valence-electron chi connectivity index (χ3n) is 4.41. The Morgan fingerprint density at radius 3 is 2.38 bits per heavy atom. The van der Waals surface area contributed by atoms with Crippen molar-refractivity contribution in [3.63, 3.8) is 0 Å². The number of aliphatic hydroxyl groups is 2. The first-order chi connectivity index (χ1) is 7.18. The summed E-state index contributed by atoms with van der Waals surface area (Å²) in [4.78, 5) is 0. The predicted molar refractivity (Wildman–Crippen MR) is 67.1 cm³/mol. The second kappa shape index (κ2) is 4.50. The average molecular weight is 226 g/mol. The minimum Gasteiger partial charge on any atom is -0.390 e. The summed E-state index contributed by atoms with van der Waals surface area (Å²) >= 11 is 0. The van der Waals surface area contributed by atoms with Crippen LogP contribution in [0.25, 0.3) is 0 Å². The van der Waals surface area contributed by atoms with Crippen LogP contribution in [0.4, 0.5) is 0 Å². The lowest BCUT2D eigenvalue weighted by Crippen LogP contribution is -2.49. The van der Waals surface area contributed by atoms with Crippen LogP contribution in [0, 0.1) is 17.3 Å². The van der Waals surface area contributed by atoms with Gasteiger partial charge in [-0.15, -0.1) is 0 Å². The highest BCUT2D eigenvalue weighted by Gasteiger charge is 2.47. The molecule has 0 aromatic heterocycles. The Morgan fingerprint density at radius 2 is 1.88 bits per heavy atom. The molecule has 0 heterocycles. The summed E-state index contributed by atoms with van der Waals surface area (Å²) in [6.07, 6.45) is 5.26. The third-order valence-corrected chi connectivity index (χ3v) is 4.41. The van der Waals surface area contributed by atoms with Gasteiger partial charge < -0.3 is 10.2 Å². The van der Waals surface area contributed by atoms with Crippen LogP contribution in [0.3, 0.4) is 0 Å². The zero-order chi connectivity index (χ0) is 12.6. The SMILES string of the molecule is C[C@@H](O)/C=C/[C@H]1C(C)(C)[C@@H](C)CC[C@]1(C)O. The maximum Gasteiger partial charge on any atom is 0.0692 e. The van der Waals surface area contributed by atoms with Crippen LogP contribution in [0.1, 0.15) is 47.5 Å². The highest BCUT2D eigenvalue weighted by Crippen LogP contribution is 2.50. The quantitative estimate of drug-likeness (QED) is 0.711. The van der Waals surface area contributed by atoms with E-state index in [2.05, 4.69) is 20.8 Å². The molecule has 0 saturated heterocycles. The molecule has 0 radical (unpaired) electrons. The lowest BCUT2D eigenvalue weighted by atomic mass is 9.57. The Labute approximate surface area is 99.4 Å². The lowest BCUT2D eigenvalue weighted by molar-refractivity contribution is -0.0900. The molecule has 0 bridgehead atoms. The van der Waals surface area contributed by atoms with Gasteiger partial charge in [0.05, 0.1) is 11.7 Å². The molecular formula is C14H26O2. The fourth-order valence-corrected chi connectivity index (χ4v) is 2.87. The standard InChI is InChI=1S/C14H26O2/c1-10-8-9-14(5,16)12(13(10,3)4)7-6-11(2)15/h6-7,10-12,15-16H,8-9H2,1-5H3/b7-6+/t10-,11+,12-,14-/m0/s1. The zero-order valence-electron chi connectivity index (χ0n) is 11.2. The summed E-state index contributed by atoms with van der Waals surface area (Å²) in [6, 6.07) is 0. The molecule has 2 heteroatoms. The van der Waals surface area contributed by atoms with Gasteiger partial charge in [0.2, 0.25) is 0 Å². The van der Waals surface area contributed by atoms with Crippen LogP contribution in [0.15, 0.2) is 12.2 Å². The predicted octanol–water partition coefficient (Wildman–Crippen LogP) is 2.75. The van der Waals surface area contributed by atoms with Gasteiger partial charge in [0, 0.05) is 5.92 Å². The first kappa shape index (κ1) is 13.7. The van der Waals surface area contributed by atoms with Crippen molar-refractivity contribution < 1.29 is 10.2 Å². The van der Waals surface area contributed by atoms with E-state index in [1.807, 2.05) is 13.0 Å². The molecule has 1 aliphatic carbocycles. The molecular weight excluding hydrogens is 200 g/mol. The molecule has 1 saturated carbocycles. The fourth-order valence-electron chi connectivity index (χ4n) is 2.87. The zero-order valence-corrected chi connectivity index (χ0v) is 11.2. The molecule has 1 rings (SSSR count). The number of aliphatic hydroxyl groups excluding tert-OH is 1. The van der Waals surface area contributed by atoms with Gasteiger partial charge in [-0.25, -0.2) is 0 Å².